The molecule has 1 heterocycles. The van der Waals surface area contributed by atoms with Gasteiger partial charge in [0.25, 0.3) is 0 Å². The third kappa shape index (κ3) is 4.69. The molecule has 2 N–H and O–H groups in total. The zero-order valence-corrected chi connectivity index (χ0v) is 17.2. The highest BCUT2D eigenvalue weighted by molar-refractivity contribution is 9.10. The maximum atomic E-state index is 13.3. The van der Waals surface area contributed by atoms with Crippen LogP contribution in [0.5, 0.6) is 5.75 Å². The lowest BCUT2D eigenvalue weighted by Gasteiger charge is -2.08. The van der Waals surface area contributed by atoms with Gasteiger partial charge in [0, 0.05) is 21.2 Å². The fourth-order valence-electron chi connectivity index (χ4n) is 2.81. The summed E-state index contributed by atoms with van der Waals surface area (Å²) in [5, 5.41) is 14.1. The molecule has 0 saturated heterocycles. The van der Waals surface area contributed by atoms with Gasteiger partial charge in [0.2, 0.25) is 5.95 Å². The number of phenolic OH excluding ortho intramolecular Hbond substituents is 1. The van der Waals surface area contributed by atoms with Crippen LogP contribution in [0, 0.1) is 5.82 Å². The molecule has 4 aromatic rings. The number of nitrogens with zero attached hydrogens (tertiary/aromatic N) is 3. The highest BCUT2D eigenvalue weighted by atomic mass is 79.9. The van der Waals surface area contributed by atoms with Crippen LogP contribution in [0.3, 0.4) is 0 Å². The molecule has 7 heteroatoms. The van der Waals surface area contributed by atoms with E-state index >= 15 is 0 Å². The molecule has 0 bridgehead atoms. The van der Waals surface area contributed by atoms with E-state index in [1.165, 1.54) is 18.3 Å². The van der Waals surface area contributed by atoms with Crippen molar-refractivity contribution in [2.75, 3.05) is 5.43 Å². The molecule has 0 saturated carbocycles. The Labute approximate surface area is 181 Å². The number of phenols is 1. The SMILES string of the molecule is Oc1ccc(Br)cc1/C=N/Nc1nc(-c2ccccc2)cc(-c2ccc(F)cc2)n1. The quantitative estimate of drug-likeness (QED) is 0.287. The Kier molecular flexibility index (Phi) is 5.81. The van der Waals surface area contributed by atoms with E-state index in [0.717, 1.165) is 15.6 Å². The molecule has 4 rings (SSSR count). The van der Waals surface area contributed by atoms with Gasteiger partial charge in [0.05, 0.1) is 17.6 Å². The average Bonchev–Trinajstić information content (AvgIpc) is 2.77. The average molecular weight is 463 g/mol. The van der Waals surface area contributed by atoms with Gasteiger partial charge in [-0.1, -0.05) is 46.3 Å². The van der Waals surface area contributed by atoms with Gasteiger partial charge < -0.3 is 5.11 Å². The highest BCUT2D eigenvalue weighted by Gasteiger charge is 2.09. The van der Waals surface area contributed by atoms with Crippen molar-refractivity contribution in [3.05, 3.63) is 94.7 Å². The van der Waals surface area contributed by atoms with Crippen molar-refractivity contribution in [1.29, 1.82) is 0 Å². The van der Waals surface area contributed by atoms with Gasteiger partial charge in [-0.2, -0.15) is 5.10 Å². The van der Waals surface area contributed by atoms with Gasteiger partial charge in [0.1, 0.15) is 11.6 Å². The predicted molar refractivity (Wildman–Crippen MR) is 120 cm³/mol. The molecule has 0 radical (unpaired) electrons. The first kappa shape index (κ1) is 19.7. The maximum Gasteiger partial charge on any atom is 0.244 e. The summed E-state index contributed by atoms with van der Waals surface area (Å²) >= 11 is 3.36. The highest BCUT2D eigenvalue weighted by Crippen LogP contribution is 2.25. The van der Waals surface area contributed by atoms with Crippen LogP contribution in [0.25, 0.3) is 22.5 Å². The lowest BCUT2D eigenvalue weighted by atomic mass is 10.1. The van der Waals surface area contributed by atoms with Crippen molar-refractivity contribution in [3.63, 3.8) is 0 Å². The van der Waals surface area contributed by atoms with E-state index in [-0.39, 0.29) is 17.5 Å². The van der Waals surface area contributed by atoms with Gasteiger partial charge in [-0.15, -0.1) is 0 Å². The maximum absolute atomic E-state index is 13.3. The number of benzene rings is 3. The summed E-state index contributed by atoms with van der Waals surface area (Å²) in [4.78, 5) is 9.04. The number of hydrazone groups is 1. The van der Waals surface area contributed by atoms with Crippen LogP contribution >= 0.6 is 15.9 Å². The molecular formula is C23H16BrFN4O. The second kappa shape index (κ2) is 8.84. The Morgan fingerprint density at radius 1 is 0.867 bits per heavy atom. The monoisotopic (exact) mass is 462 g/mol. The van der Waals surface area contributed by atoms with Crippen molar-refractivity contribution < 1.29 is 9.50 Å². The Balaban J connectivity index is 1.69. The number of hydrogen-bond acceptors (Lipinski definition) is 5. The molecule has 3 aromatic carbocycles. The molecule has 0 spiro atoms. The zero-order valence-electron chi connectivity index (χ0n) is 15.6. The zero-order chi connectivity index (χ0) is 20.9. The van der Waals surface area contributed by atoms with E-state index in [4.69, 9.17) is 0 Å². The molecule has 0 aliphatic carbocycles. The van der Waals surface area contributed by atoms with Crippen molar-refractivity contribution in [3.8, 4) is 28.3 Å². The predicted octanol–water partition coefficient (Wildman–Crippen LogP) is 5.86. The van der Waals surface area contributed by atoms with Crippen LogP contribution in [-0.4, -0.2) is 21.3 Å². The number of hydrogen-bond donors (Lipinski definition) is 2. The number of aromatic nitrogens is 2. The molecule has 1 aromatic heterocycles. The molecule has 0 aliphatic rings. The Morgan fingerprint density at radius 3 is 2.23 bits per heavy atom. The fraction of sp³-hybridized carbons (Fsp3) is 0. The van der Waals surface area contributed by atoms with E-state index in [1.807, 2.05) is 36.4 Å². The van der Waals surface area contributed by atoms with Gasteiger partial charge in [0.15, 0.2) is 0 Å². The van der Waals surface area contributed by atoms with Crippen LogP contribution in [0.2, 0.25) is 0 Å². The third-order valence-corrected chi connectivity index (χ3v) is 4.79. The van der Waals surface area contributed by atoms with E-state index in [9.17, 15) is 9.50 Å². The first-order valence-electron chi connectivity index (χ1n) is 9.06. The van der Waals surface area contributed by atoms with E-state index in [1.54, 1.807) is 30.3 Å². The number of nitrogens with one attached hydrogen (secondary N) is 1. The minimum Gasteiger partial charge on any atom is -0.507 e. The number of rotatable bonds is 5. The Hall–Kier alpha value is -3.58. The van der Waals surface area contributed by atoms with Crippen LogP contribution in [0.1, 0.15) is 5.56 Å². The van der Waals surface area contributed by atoms with Gasteiger partial charge in [-0.25, -0.2) is 19.8 Å². The third-order valence-electron chi connectivity index (χ3n) is 4.29. The van der Waals surface area contributed by atoms with Crippen molar-refractivity contribution in [2.45, 2.75) is 0 Å². The molecular weight excluding hydrogens is 447 g/mol. The summed E-state index contributed by atoms with van der Waals surface area (Å²) in [5.41, 5.74) is 6.36. The van der Waals surface area contributed by atoms with Crippen LogP contribution < -0.4 is 5.43 Å². The molecule has 5 nitrogen and oxygen atoms in total. The molecule has 0 fully saturated rings. The minimum atomic E-state index is -0.312. The fourth-order valence-corrected chi connectivity index (χ4v) is 3.19. The Bertz CT molecular complexity index is 1200. The van der Waals surface area contributed by atoms with Gasteiger partial charge in [-0.05, 0) is 48.5 Å². The molecule has 0 unspecified atom stereocenters. The molecule has 148 valence electrons. The molecule has 30 heavy (non-hydrogen) atoms. The largest absolute Gasteiger partial charge is 0.507 e. The topological polar surface area (TPSA) is 70.4 Å². The van der Waals surface area contributed by atoms with Crippen molar-refractivity contribution >= 4 is 28.1 Å². The van der Waals surface area contributed by atoms with Gasteiger partial charge >= 0.3 is 0 Å². The van der Waals surface area contributed by atoms with Gasteiger partial charge in [-0.3, -0.25) is 0 Å². The van der Waals surface area contributed by atoms with Crippen molar-refractivity contribution in [1.82, 2.24) is 9.97 Å². The lowest BCUT2D eigenvalue weighted by Crippen LogP contribution is -2.00. The minimum absolute atomic E-state index is 0.106. The van der Waals surface area contributed by atoms with Crippen LogP contribution in [0.4, 0.5) is 10.3 Å². The summed E-state index contributed by atoms with van der Waals surface area (Å²) < 4.78 is 14.1. The van der Waals surface area contributed by atoms with Crippen LogP contribution in [-0.2, 0) is 0 Å². The Morgan fingerprint density at radius 2 is 1.53 bits per heavy atom. The van der Waals surface area contributed by atoms with E-state index in [0.29, 0.717) is 17.0 Å². The normalized spacial score (nSPS) is 11.0. The number of halogens is 2. The summed E-state index contributed by atoms with van der Waals surface area (Å²) in [6.45, 7) is 0. The van der Waals surface area contributed by atoms with Crippen molar-refractivity contribution in [2.24, 2.45) is 5.10 Å². The number of aromatic hydroxyl groups is 1. The summed E-state index contributed by atoms with van der Waals surface area (Å²) in [5.74, 6) is 0.0731. The second-order valence-electron chi connectivity index (χ2n) is 6.41. The molecule has 0 atom stereocenters. The molecule has 0 amide bonds. The summed E-state index contributed by atoms with van der Waals surface area (Å²) in [6.07, 6.45) is 1.48. The first-order valence-corrected chi connectivity index (χ1v) is 9.86. The smallest absolute Gasteiger partial charge is 0.244 e. The molecule has 0 aliphatic heterocycles. The lowest BCUT2D eigenvalue weighted by molar-refractivity contribution is 0.474. The summed E-state index contributed by atoms with van der Waals surface area (Å²) in [6, 6.07) is 22.7. The second-order valence-corrected chi connectivity index (χ2v) is 7.32. The van der Waals surface area contributed by atoms with E-state index in [2.05, 4.69) is 36.4 Å². The summed E-state index contributed by atoms with van der Waals surface area (Å²) in [7, 11) is 0. The first-order chi connectivity index (χ1) is 14.6. The van der Waals surface area contributed by atoms with E-state index < -0.39 is 0 Å². The standard InChI is InChI=1S/C23H16BrFN4O/c24-18-8-11-22(30)17(12-18)14-26-29-23-27-20(15-4-2-1-3-5-15)13-21(28-23)16-6-9-19(25)10-7-16/h1-14,30H,(H,27,28,29)/b26-14+. The van der Waals surface area contributed by atoms with Crippen LogP contribution in [0.15, 0.2) is 88.4 Å². The number of anilines is 1.